The topological polar surface area (TPSA) is 103 Å². The maximum atomic E-state index is 11.5. The SMILES string of the molecule is COCCOCC(=O)Nc1c(C(=O)O)cnn1C. The summed E-state index contributed by atoms with van der Waals surface area (Å²) in [5.74, 6) is -1.47. The van der Waals surface area contributed by atoms with Crippen LogP contribution in [0.1, 0.15) is 10.4 Å². The van der Waals surface area contributed by atoms with Crippen LogP contribution < -0.4 is 5.32 Å². The average molecular weight is 257 g/mol. The fourth-order valence-corrected chi connectivity index (χ4v) is 1.22. The molecule has 1 heterocycles. The van der Waals surface area contributed by atoms with Crippen LogP contribution in [0.2, 0.25) is 0 Å². The van der Waals surface area contributed by atoms with Gasteiger partial charge in [-0.1, -0.05) is 0 Å². The molecule has 0 fully saturated rings. The van der Waals surface area contributed by atoms with Crippen molar-refractivity contribution in [2.45, 2.75) is 0 Å². The molecule has 0 aliphatic rings. The summed E-state index contributed by atoms with van der Waals surface area (Å²) in [6.45, 7) is 0.508. The van der Waals surface area contributed by atoms with Crippen molar-refractivity contribution >= 4 is 17.7 Å². The number of aromatic nitrogens is 2. The van der Waals surface area contributed by atoms with E-state index in [0.29, 0.717) is 13.2 Å². The van der Waals surface area contributed by atoms with Crippen molar-refractivity contribution in [2.75, 3.05) is 32.2 Å². The van der Waals surface area contributed by atoms with E-state index in [9.17, 15) is 9.59 Å². The molecule has 100 valence electrons. The highest BCUT2D eigenvalue weighted by Crippen LogP contribution is 2.13. The van der Waals surface area contributed by atoms with Crippen molar-refractivity contribution < 1.29 is 24.2 Å². The summed E-state index contributed by atoms with van der Waals surface area (Å²) in [4.78, 5) is 22.4. The summed E-state index contributed by atoms with van der Waals surface area (Å²) in [6.07, 6.45) is 1.17. The number of nitrogens with one attached hydrogen (secondary N) is 1. The Morgan fingerprint density at radius 2 is 2.22 bits per heavy atom. The molecule has 0 saturated carbocycles. The quantitative estimate of drug-likeness (QED) is 0.651. The van der Waals surface area contributed by atoms with Gasteiger partial charge in [0.15, 0.2) is 0 Å². The highest BCUT2D eigenvalue weighted by atomic mass is 16.5. The van der Waals surface area contributed by atoms with Crippen LogP contribution in [-0.2, 0) is 21.3 Å². The second kappa shape index (κ2) is 6.72. The van der Waals surface area contributed by atoms with Crippen LogP contribution in [0.3, 0.4) is 0 Å². The van der Waals surface area contributed by atoms with E-state index < -0.39 is 11.9 Å². The van der Waals surface area contributed by atoms with Gasteiger partial charge >= 0.3 is 5.97 Å². The third-order valence-corrected chi connectivity index (χ3v) is 2.09. The smallest absolute Gasteiger partial charge is 0.341 e. The van der Waals surface area contributed by atoms with Gasteiger partial charge in [0.25, 0.3) is 5.91 Å². The summed E-state index contributed by atoms with van der Waals surface area (Å²) in [7, 11) is 3.06. The standard InChI is InChI=1S/C10H15N3O5/c1-13-9(7(5-11-13)10(15)16)12-8(14)6-18-4-3-17-2/h5H,3-4,6H2,1-2H3,(H,12,14)(H,15,16). The first-order chi connectivity index (χ1) is 8.56. The van der Waals surface area contributed by atoms with E-state index in [1.54, 1.807) is 0 Å². The number of amides is 1. The molecule has 1 aromatic heterocycles. The Kier molecular flexibility index (Phi) is 5.28. The molecule has 8 heteroatoms. The molecule has 0 radical (unpaired) electrons. The zero-order valence-electron chi connectivity index (χ0n) is 10.2. The molecule has 0 unspecified atom stereocenters. The first-order valence-electron chi connectivity index (χ1n) is 5.18. The Morgan fingerprint density at radius 1 is 1.50 bits per heavy atom. The number of hydrogen-bond acceptors (Lipinski definition) is 5. The van der Waals surface area contributed by atoms with Gasteiger partial charge < -0.3 is 19.9 Å². The molecule has 2 N–H and O–H groups in total. The highest BCUT2D eigenvalue weighted by molar-refractivity contribution is 5.99. The molecule has 0 aromatic carbocycles. The number of carbonyl (C=O) groups is 2. The van der Waals surface area contributed by atoms with E-state index in [0.717, 1.165) is 0 Å². The Labute approximate surface area is 103 Å². The normalized spacial score (nSPS) is 10.3. The fraction of sp³-hybridized carbons (Fsp3) is 0.500. The molecule has 0 bridgehead atoms. The van der Waals surface area contributed by atoms with E-state index in [1.807, 2.05) is 0 Å². The average Bonchev–Trinajstić information content (AvgIpc) is 2.67. The molecule has 1 aromatic rings. The van der Waals surface area contributed by atoms with Crippen LogP contribution in [0, 0.1) is 0 Å². The van der Waals surface area contributed by atoms with Crippen molar-refractivity contribution in [2.24, 2.45) is 7.05 Å². The summed E-state index contributed by atoms with van der Waals surface area (Å²) in [6, 6.07) is 0. The number of aromatic carboxylic acids is 1. The number of carbonyl (C=O) groups excluding carboxylic acids is 1. The lowest BCUT2D eigenvalue weighted by atomic mass is 10.3. The summed E-state index contributed by atoms with van der Waals surface area (Å²) >= 11 is 0. The number of aryl methyl sites for hydroxylation is 1. The van der Waals surface area contributed by atoms with Gasteiger partial charge in [-0.25, -0.2) is 4.79 Å². The van der Waals surface area contributed by atoms with Gasteiger partial charge in [-0.15, -0.1) is 0 Å². The predicted molar refractivity (Wildman–Crippen MR) is 61.5 cm³/mol. The van der Waals surface area contributed by atoms with Gasteiger partial charge in [-0.05, 0) is 0 Å². The third-order valence-electron chi connectivity index (χ3n) is 2.09. The molecule has 0 saturated heterocycles. The zero-order valence-corrected chi connectivity index (χ0v) is 10.2. The fourth-order valence-electron chi connectivity index (χ4n) is 1.22. The minimum Gasteiger partial charge on any atom is -0.477 e. The van der Waals surface area contributed by atoms with Gasteiger partial charge in [-0.3, -0.25) is 9.48 Å². The number of ether oxygens (including phenoxy) is 2. The lowest BCUT2D eigenvalue weighted by molar-refractivity contribution is -0.121. The number of rotatable bonds is 7. The first kappa shape index (κ1) is 14.1. The number of hydrogen-bond donors (Lipinski definition) is 2. The largest absolute Gasteiger partial charge is 0.477 e. The summed E-state index contributed by atoms with van der Waals surface area (Å²) < 4.78 is 11.0. The second-order valence-electron chi connectivity index (χ2n) is 3.43. The van der Waals surface area contributed by atoms with E-state index >= 15 is 0 Å². The Bertz CT molecular complexity index is 429. The van der Waals surface area contributed by atoms with Gasteiger partial charge in [0, 0.05) is 14.2 Å². The molecule has 8 nitrogen and oxygen atoms in total. The van der Waals surface area contributed by atoms with Crippen LogP contribution in [-0.4, -0.2) is 53.7 Å². The number of anilines is 1. The number of methoxy groups -OCH3 is 1. The second-order valence-corrected chi connectivity index (χ2v) is 3.43. The molecule has 18 heavy (non-hydrogen) atoms. The molecule has 0 aliphatic heterocycles. The lowest BCUT2D eigenvalue weighted by Gasteiger charge is -2.07. The number of carboxylic acid groups (broad SMARTS) is 1. The molecule has 0 aliphatic carbocycles. The lowest BCUT2D eigenvalue weighted by Crippen LogP contribution is -2.22. The van der Waals surface area contributed by atoms with E-state index in [1.165, 1.54) is 25.0 Å². The highest BCUT2D eigenvalue weighted by Gasteiger charge is 2.17. The molecule has 0 atom stereocenters. The minimum absolute atomic E-state index is 0.0669. The van der Waals surface area contributed by atoms with E-state index in [2.05, 4.69) is 10.4 Å². The van der Waals surface area contributed by atoms with Crippen LogP contribution in [0.4, 0.5) is 5.82 Å². The van der Waals surface area contributed by atoms with Crippen molar-refractivity contribution in [1.82, 2.24) is 9.78 Å². The first-order valence-corrected chi connectivity index (χ1v) is 5.18. The maximum Gasteiger partial charge on any atom is 0.341 e. The maximum absolute atomic E-state index is 11.5. The Morgan fingerprint density at radius 3 is 2.83 bits per heavy atom. The van der Waals surface area contributed by atoms with Crippen LogP contribution >= 0.6 is 0 Å². The van der Waals surface area contributed by atoms with Crippen LogP contribution in [0.15, 0.2) is 6.20 Å². The Hall–Kier alpha value is -1.93. The number of carboxylic acids is 1. The van der Waals surface area contributed by atoms with Gasteiger partial charge in [-0.2, -0.15) is 5.10 Å². The number of nitrogens with zero attached hydrogens (tertiary/aromatic N) is 2. The van der Waals surface area contributed by atoms with E-state index in [4.69, 9.17) is 14.6 Å². The molecule has 0 spiro atoms. The molecule has 1 amide bonds. The van der Waals surface area contributed by atoms with E-state index in [-0.39, 0.29) is 18.0 Å². The Balaban J connectivity index is 2.53. The van der Waals surface area contributed by atoms with Gasteiger partial charge in [0.1, 0.15) is 18.0 Å². The zero-order chi connectivity index (χ0) is 13.5. The predicted octanol–water partition coefficient (Wildman–Crippen LogP) is -0.280. The van der Waals surface area contributed by atoms with Crippen molar-refractivity contribution in [3.05, 3.63) is 11.8 Å². The summed E-state index contributed by atoms with van der Waals surface area (Å²) in [5, 5.41) is 15.1. The van der Waals surface area contributed by atoms with Crippen molar-refractivity contribution in [1.29, 1.82) is 0 Å². The van der Waals surface area contributed by atoms with Gasteiger partial charge in [0.2, 0.25) is 0 Å². The molecular weight excluding hydrogens is 242 g/mol. The van der Waals surface area contributed by atoms with Crippen LogP contribution in [0.25, 0.3) is 0 Å². The summed E-state index contributed by atoms with van der Waals surface area (Å²) in [5.41, 5.74) is -0.0669. The molecular formula is C10H15N3O5. The van der Waals surface area contributed by atoms with Crippen molar-refractivity contribution in [3.8, 4) is 0 Å². The van der Waals surface area contributed by atoms with Crippen molar-refractivity contribution in [3.63, 3.8) is 0 Å². The third kappa shape index (κ3) is 3.82. The minimum atomic E-state index is -1.15. The molecule has 1 rings (SSSR count). The van der Waals surface area contributed by atoms with Gasteiger partial charge in [0.05, 0.1) is 19.4 Å². The van der Waals surface area contributed by atoms with Crippen LogP contribution in [0.5, 0.6) is 0 Å². The monoisotopic (exact) mass is 257 g/mol.